The van der Waals surface area contributed by atoms with Gasteiger partial charge in [0.1, 0.15) is 6.10 Å². The highest BCUT2D eigenvalue weighted by Crippen LogP contribution is 2.18. The number of unbranched alkanes of at least 4 members (excludes halogenated alkanes) is 29. The molecule has 0 aliphatic carbocycles. The van der Waals surface area contributed by atoms with E-state index in [0.717, 1.165) is 64.2 Å². The van der Waals surface area contributed by atoms with Crippen molar-refractivity contribution in [1.29, 1.82) is 0 Å². The van der Waals surface area contributed by atoms with Crippen LogP contribution in [0.15, 0.2) is 24.3 Å². The third-order valence-corrected chi connectivity index (χ3v) is 11.5. The summed E-state index contributed by atoms with van der Waals surface area (Å²) in [5, 5.41) is 23.7. The number of aliphatic hydroxyl groups is 2. The predicted molar refractivity (Wildman–Crippen MR) is 246 cm³/mol. The second kappa shape index (κ2) is 45.4. The van der Waals surface area contributed by atoms with Crippen LogP contribution in [0.5, 0.6) is 0 Å². The first-order valence-electron chi connectivity index (χ1n) is 25.1. The van der Waals surface area contributed by atoms with E-state index in [2.05, 4.69) is 50.4 Å². The van der Waals surface area contributed by atoms with Gasteiger partial charge in [0.2, 0.25) is 5.91 Å². The van der Waals surface area contributed by atoms with E-state index in [4.69, 9.17) is 4.74 Å². The van der Waals surface area contributed by atoms with E-state index in [1.807, 2.05) is 0 Å². The molecule has 0 bridgehead atoms. The number of rotatable bonds is 45. The molecule has 0 fully saturated rings. The number of esters is 1. The Hall–Kier alpha value is -1.66. The number of aliphatic hydroxyl groups excluding tert-OH is 2. The van der Waals surface area contributed by atoms with Crippen molar-refractivity contribution < 1.29 is 24.5 Å². The summed E-state index contributed by atoms with van der Waals surface area (Å²) in [7, 11) is 0. The molecule has 6 nitrogen and oxygen atoms in total. The molecule has 57 heavy (non-hydrogen) atoms. The molecule has 0 radical (unpaired) electrons. The summed E-state index contributed by atoms with van der Waals surface area (Å²) in [4.78, 5) is 26.1. The maximum atomic E-state index is 13.2. The number of carbonyl (C=O) groups excluding carboxylic acids is 2. The zero-order valence-electron chi connectivity index (χ0n) is 38.2. The second-order valence-corrected chi connectivity index (χ2v) is 17.2. The molecule has 3 unspecified atom stereocenters. The van der Waals surface area contributed by atoms with Gasteiger partial charge in [0.25, 0.3) is 0 Å². The third kappa shape index (κ3) is 40.9. The molecule has 0 spiro atoms. The molecule has 0 rings (SSSR count). The minimum atomic E-state index is -0.787. The van der Waals surface area contributed by atoms with Gasteiger partial charge in [-0.05, 0) is 77.0 Å². The Kier molecular flexibility index (Phi) is 44.1. The van der Waals surface area contributed by atoms with E-state index in [0.29, 0.717) is 19.3 Å². The zero-order valence-corrected chi connectivity index (χ0v) is 38.2. The first kappa shape index (κ1) is 55.3. The largest absolute Gasteiger partial charge is 0.462 e. The zero-order chi connectivity index (χ0) is 41.7. The summed E-state index contributed by atoms with van der Waals surface area (Å²) < 4.78 is 5.91. The van der Waals surface area contributed by atoms with Crippen molar-refractivity contribution in [2.75, 3.05) is 6.61 Å². The summed E-state index contributed by atoms with van der Waals surface area (Å²) in [6.45, 7) is 6.45. The fourth-order valence-corrected chi connectivity index (χ4v) is 7.65. The van der Waals surface area contributed by atoms with Crippen LogP contribution in [0.1, 0.15) is 265 Å². The van der Waals surface area contributed by atoms with Crippen LogP contribution in [0.2, 0.25) is 0 Å². The Morgan fingerprint density at radius 1 is 0.491 bits per heavy atom. The molecule has 0 aliphatic heterocycles. The minimum absolute atomic E-state index is 0.0721. The van der Waals surface area contributed by atoms with Crippen LogP contribution >= 0.6 is 0 Å². The van der Waals surface area contributed by atoms with Gasteiger partial charge >= 0.3 is 5.97 Å². The van der Waals surface area contributed by atoms with Gasteiger partial charge in [-0.15, -0.1) is 0 Å². The lowest BCUT2D eigenvalue weighted by molar-refractivity contribution is -0.151. The first-order valence-corrected chi connectivity index (χ1v) is 25.1. The average molecular weight is 804 g/mol. The Balaban J connectivity index is 4.57. The van der Waals surface area contributed by atoms with Gasteiger partial charge in [0, 0.05) is 6.42 Å². The topological polar surface area (TPSA) is 95.9 Å². The molecule has 3 atom stereocenters. The maximum absolute atomic E-state index is 13.2. The maximum Gasteiger partial charge on any atom is 0.306 e. The molecule has 0 saturated carbocycles. The number of ether oxygens (including phenoxy) is 1. The fourth-order valence-electron chi connectivity index (χ4n) is 7.65. The molecular weight excluding hydrogens is 707 g/mol. The Morgan fingerprint density at radius 2 is 0.842 bits per heavy atom. The fraction of sp³-hybridized carbons (Fsp3) is 0.882. The lowest BCUT2D eigenvalue weighted by Crippen LogP contribution is -2.46. The van der Waals surface area contributed by atoms with Crippen molar-refractivity contribution in [2.45, 2.75) is 283 Å². The van der Waals surface area contributed by atoms with E-state index in [9.17, 15) is 19.8 Å². The monoisotopic (exact) mass is 804 g/mol. The van der Waals surface area contributed by atoms with Crippen LogP contribution in [-0.4, -0.2) is 46.9 Å². The molecular formula is C51H97NO5. The number of amides is 1. The third-order valence-electron chi connectivity index (χ3n) is 11.5. The van der Waals surface area contributed by atoms with Gasteiger partial charge in [0.05, 0.1) is 25.2 Å². The van der Waals surface area contributed by atoms with E-state index in [1.165, 1.54) is 154 Å². The molecule has 3 N–H and O–H groups in total. The smallest absolute Gasteiger partial charge is 0.306 e. The predicted octanol–water partition coefficient (Wildman–Crippen LogP) is 14.7. The number of hydrogen-bond donors (Lipinski definition) is 3. The summed E-state index contributed by atoms with van der Waals surface area (Å²) in [5.41, 5.74) is 0. The van der Waals surface area contributed by atoms with Crippen molar-refractivity contribution in [2.24, 2.45) is 0 Å². The van der Waals surface area contributed by atoms with E-state index in [-0.39, 0.29) is 24.9 Å². The number of hydrogen-bond acceptors (Lipinski definition) is 5. The van der Waals surface area contributed by atoms with Crippen molar-refractivity contribution >= 4 is 11.9 Å². The van der Waals surface area contributed by atoms with Gasteiger partial charge < -0.3 is 20.3 Å². The normalized spacial score (nSPS) is 13.4. The van der Waals surface area contributed by atoms with Crippen LogP contribution in [0, 0.1) is 0 Å². The van der Waals surface area contributed by atoms with Crippen molar-refractivity contribution in [3.05, 3.63) is 24.3 Å². The van der Waals surface area contributed by atoms with Crippen LogP contribution in [0.25, 0.3) is 0 Å². The van der Waals surface area contributed by atoms with Crippen LogP contribution in [0.3, 0.4) is 0 Å². The highest BCUT2D eigenvalue weighted by Gasteiger charge is 2.24. The molecule has 6 heteroatoms. The minimum Gasteiger partial charge on any atom is -0.462 e. The molecule has 1 amide bonds. The molecule has 0 aliphatic rings. The summed E-state index contributed by atoms with van der Waals surface area (Å²) in [6.07, 6.45) is 50.9. The summed E-state index contributed by atoms with van der Waals surface area (Å²) in [6, 6.07) is -0.701. The highest BCUT2D eigenvalue weighted by atomic mass is 16.5. The summed E-state index contributed by atoms with van der Waals surface area (Å²) >= 11 is 0. The lowest BCUT2D eigenvalue weighted by Gasteiger charge is -2.24. The van der Waals surface area contributed by atoms with E-state index >= 15 is 0 Å². The molecule has 0 saturated heterocycles. The van der Waals surface area contributed by atoms with Gasteiger partial charge in [-0.3, -0.25) is 9.59 Å². The Bertz CT molecular complexity index is 904. The SMILES string of the molecule is CCCCC/C=C\CCCCCCCC(=O)OC(CCCCCCC/C=C\CCCCCC)CC(=O)NC(CO)C(O)CCCCCCCCCCCCCCC. The van der Waals surface area contributed by atoms with E-state index < -0.39 is 18.2 Å². The number of carbonyl (C=O) groups is 2. The molecule has 0 aromatic carbocycles. The molecule has 0 aromatic heterocycles. The standard InChI is InChI=1S/C51H97NO5/c1-4-7-10-13-16-19-22-25-27-30-33-36-39-42-47(57-51(56)44-41-38-35-32-29-24-21-18-15-12-9-6-3)45-50(55)52-48(46-53)49(54)43-40-37-34-31-28-26-23-20-17-14-11-8-5-2/h18-19,21-22,47-49,53-54H,4-17,20,23-46H2,1-3H3,(H,52,55)/b21-18-,22-19-. The summed E-state index contributed by atoms with van der Waals surface area (Å²) in [5.74, 6) is -0.484. The molecule has 0 heterocycles. The highest BCUT2D eigenvalue weighted by molar-refractivity contribution is 5.77. The molecule has 0 aromatic rings. The Labute approximate surface area is 354 Å². The van der Waals surface area contributed by atoms with Gasteiger partial charge in [-0.2, -0.15) is 0 Å². The van der Waals surface area contributed by atoms with Crippen LogP contribution < -0.4 is 5.32 Å². The van der Waals surface area contributed by atoms with Crippen LogP contribution in [-0.2, 0) is 14.3 Å². The second-order valence-electron chi connectivity index (χ2n) is 17.2. The van der Waals surface area contributed by atoms with Crippen LogP contribution in [0.4, 0.5) is 0 Å². The van der Waals surface area contributed by atoms with Crippen molar-refractivity contribution in [1.82, 2.24) is 5.32 Å². The quantitative estimate of drug-likeness (QED) is 0.0324. The first-order chi connectivity index (χ1) is 28.0. The van der Waals surface area contributed by atoms with Gasteiger partial charge in [0.15, 0.2) is 0 Å². The van der Waals surface area contributed by atoms with Gasteiger partial charge in [-0.1, -0.05) is 199 Å². The number of nitrogens with one attached hydrogen (secondary N) is 1. The lowest BCUT2D eigenvalue weighted by atomic mass is 10.0. The van der Waals surface area contributed by atoms with Crippen molar-refractivity contribution in [3.63, 3.8) is 0 Å². The Morgan fingerprint density at radius 3 is 1.30 bits per heavy atom. The average Bonchev–Trinajstić information content (AvgIpc) is 3.20. The van der Waals surface area contributed by atoms with Gasteiger partial charge in [-0.25, -0.2) is 0 Å². The number of allylic oxidation sites excluding steroid dienone is 4. The molecule has 336 valence electrons. The van der Waals surface area contributed by atoms with E-state index in [1.54, 1.807) is 0 Å². The van der Waals surface area contributed by atoms with Crippen molar-refractivity contribution in [3.8, 4) is 0 Å².